The molecule has 1 fully saturated rings. The summed E-state index contributed by atoms with van der Waals surface area (Å²) in [6.07, 6.45) is 3.56. The van der Waals surface area contributed by atoms with Crippen LogP contribution in [0.25, 0.3) is 11.4 Å². The minimum absolute atomic E-state index is 0.0438. The van der Waals surface area contributed by atoms with Gasteiger partial charge in [0.2, 0.25) is 17.6 Å². The molecule has 0 unspecified atom stereocenters. The van der Waals surface area contributed by atoms with Gasteiger partial charge in [-0.15, -0.1) is 0 Å². The number of halogens is 1. The van der Waals surface area contributed by atoms with E-state index in [1.807, 2.05) is 24.3 Å². The Labute approximate surface area is 210 Å². The Kier molecular flexibility index (Phi) is 9.40. The molecule has 9 heteroatoms. The van der Waals surface area contributed by atoms with Crippen LogP contribution in [0.4, 0.5) is 4.39 Å². The van der Waals surface area contributed by atoms with Crippen LogP contribution >= 0.6 is 0 Å². The van der Waals surface area contributed by atoms with E-state index in [-0.39, 0.29) is 11.7 Å². The molecule has 0 bridgehead atoms. The second-order valence-electron chi connectivity index (χ2n) is 8.97. The molecule has 0 radical (unpaired) electrons. The van der Waals surface area contributed by atoms with Crippen molar-refractivity contribution in [2.24, 2.45) is 0 Å². The van der Waals surface area contributed by atoms with Gasteiger partial charge in [-0.3, -0.25) is 9.69 Å². The number of carbonyl (C=O) groups is 1. The standard InChI is InChI=1S/C27H33FN4O4/c1-32(23-12-15-34-16-13-23)14-17-35-24-5-2-4-20(18-24)19-29-25(33)6-3-7-26-30-27(31-36-26)21-8-10-22(28)11-9-21/h2,4-5,8-11,18,23H,3,6-7,12-17,19H2,1H3,(H,29,33). The van der Waals surface area contributed by atoms with E-state index in [1.165, 1.54) is 12.1 Å². The van der Waals surface area contributed by atoms with Crippen LogP contribution in [-0.4, -0.2) is 60.4 Å². The number of rotatable bonds is 12. The lowest BCUT2D eigenvalue weighted by Crippen LogP contribution is -2.38. The molecule has 0 spiro atoms. The fourth-order valence-electron chi connectivity index (χ4n) is 4.12. The lowest BCUT2D eigenvalue weighted by molar-refractivity contribution is -0.121. The molecule has 192 valence electrons. The van der Waals surface area contributed by atoms with E-state index in [0.29, 0.717) is 55.7 Å². The highest BCUT2D eigenvalue weighted by molar-refractivity contribution is 5.75. The van der Waals surface area contributed by atoms with Gasteiger partial charge >= 0.3 is 0 Å². The largest absolute Gasteiger partial charge is 0.492 e. The highest BCUT2D eigenvalue weighted by atomic mass is 19.1. The molecule has 8 nitrogen and oxygen atoms in total. The zero-order valence-corrected chi connectivity index (χ0v) is 20.6. The zero-order valence-electron chi connectivity index (χ0n) is 20.6. The molecule has 1 amide bonds. The van der Waals surface area contributed by atoms with E-state index in [1.54, 1.807) is 12.1 Å². The Morgan fingerprint density at radius 1 is 1.19 bits per heavy atom. The third kappa shape index (κ3) is 7.86. The Balaban J connectivity index is 1.14. The molecule has 0 atom stereocenters. The van der Waals surface area contributed by atoms with Crippen LogP contribution in [0.1, 0.15) is 37.1 Å². The first-order valence-corrected chi connectivity index (χ1v) is 12.4. The first-order chi connectivity index (χ1) is 17.6. The van der Waals surface area contributed by atoms with E-state index in [2.05, 4.69) is 27.4 Å². The molecule has 0 saturated carbocycles. The number of carbonyl (C=O) groups excluding carboxylic acids is 1. The van der Waals surface area contributed by atoms with Crippen molar-refractivity contribution in [1.82, 2.24) is 20.4 Å². The number of hydrogen-bond donors (Lipinski definition) is 1. The van der Waals surface area contributed by atoms with Crippen molar-refractivity contribution in [2.75, 3.05) is 33.4 Å². The molecule has 1 aliphatic heterocycles. The number of ether oxygens (including phenoxy) is 2. The Morgan fingerprint density at radius 3 is 2.81 bits per heavy atom. The smallest absolute Gasteiger partial charge is 0.226 e. The van der Waals surface area contributed by atoms with Crippen LogP contribution in [0.3, 0.4) is 0 Å². The van der Waals surface area contributed by atoms with Gasteiger partial charge in [-0.25, -0.2) is 4.39 Å². The van der Waals surface area contributed by atoms with Crippen LogP contribution in [-0.2, 0) is 22.5 Å². The summed E-state index contributed by atoms with van der Waals surface area (Å²) in [6.45, 7) is 3.57. The van der Waals surface area contributed by atoms with Crippen LogP contribution in [0.15, 0.2) is 53.1 Å². The normalized spacial score (nSPS) is 14.2. The van der Waals surface area contributed by atoms with Gasteiger partial charge in [0.15, 0.2) is 0 Å². The summed E-state index contributed by atoms with van der Waals surface area (Å²) in [4.78, 5) is 18.9. The van der Waals surface area contributed by atoms with E-state index < -0.39 is 0 Å². The van der Waals surface area contributed by atoms with Gasteiger partial charge in [0.05, 0.1) is 0 Å². The van der Waals surface area contributed by atoms with Crippen LogP contribution in [0.2, 0.25) is 0 Å². The number of nitrogens with zero attached hydrogens (tertiary/aromatic N) is 3. The highest BCUT2D eigenvalue weighted by Crippen LogP contribution is 2.17. The molecule has 3 aromatic rings. The summed E-state index contributed by atoms with van der Waals surface area (Å²) in [7, 11) is 2.13. The SMILES string of the molecule is CN(CCOc1cccc(CNC(=O)CCCc2nc(-c3ccc(F)cc3)no2)c1)C1CCOCC1. The first-order valence-electron chi connectivity index (χ1n) is 12.4. The minimum Gasteiger partial charge on any atom is -0.492 e. The second kappa shape index (κ2) is 13.1. The molecule has 1 N–H and O–H groups in total. The van der Waals surface area contributed by atoms with Gasteiger partial charge in [-0.05, 0) is 68.3 Å². The van der Waals surface area contributed by atoms with Crippen molar-refractivity contribution in [2.45, 2.75) is 44.7 Å². The van der Waals surface area contributed by atoms with Crippen molar-refractivity contribution in [3.05, 3.63) is 65.8 Å². The summed E-state index contributed by atoms with van der Waals surface area (Å²) >= 11 is 0. The number of aromatic nitrogens is 2. The molecule has 0 aliphatic carbocycles. The van der Waals surface area contributed by atoms with E-state index in [9.17, 15) is 9.18 Å². The number of likely N-dealkylation sites (N-methyl/N-ethyl adjacent to an activating group) is 1. The number of benzene rings is 2. The lowest BCUT2D eigenvalue weighted by Gasteiger charge is -2.31. The quantitative estimate of drug-likeness (QED) is 0.405. The molecule has 4 rings (SSSR count). The number of aryl methyl sites for hydroxylation is 1. The maximum atomic E-state index is 13.1. The Bertz CT molecular complexity index is 1100. The molecule has 1 saturated heterocycles. The third-order valence-electron chi connectivity index (χ3n) is 6.28. The van der Waals surface area contributed by atoms with Gasteiger partial charge in [-0.2, -0.15) is 4.98 Å². The molecule has 2 aromatic carbocycles. The fraction of sp³-hybridized carbons (Fsp3) is 0.444. The van der Waals surface area contributed by atoms with E-state index >= 15 is 0 Å². The molecular weight excluding hydrogens is 463 g/mol. The van der Waals surface area contributed by atoms with Crippen LogP contribution in [0.5, 0.6) is 5.75 Å². The minimum atomic E-state index is -0.318. The highest BCUT2D eigenvalue weighted by Gasteiger charge is 2.18. The maximum absolute atomic E-state index is 13.1. The second-order valence-corrected chi connectivity index (χ2v) is 8.97. The number of hydrogen-bond acceptors (Lipinski definition) is 7. The van der Waals surface area contributed by atoms with Crippen LogP contribution < -0.4 is 10.1 Å². The first kappa shape index (κ1) is 25.8. The average Bonchev–Trinajstić information content (AvgIpc) is 3.37. The van der Waals surface area contributed by atoms with Gasteiger partial charge < -0.3 is 19.3 Å². The monoisotopic (exact) mass is 496 g/mol. The topological polar surface area (TPSA) is 89.7 Å². The van der Waals surface area contributed by atoms with E-state index in [0.717, 1.165) is 43.9 Å². The average molecular weight is 497 g/mol. The van der Waals surface area contributed by atoms with E-state index in [4.69, 9.17) is 14.0 Å². The summed E-state index contributed by atoms with van der Waals surface area (Å²) in [5.74, 6) is 1.30. The number of nitrogens with one attached hydrogen (secondary N) is 1. The third-order valence-corrected chi connectivity index (χ3v) is 6.28. The Morgan fingerprint density at radius 2 is 2.00 bits per heavy atom. The predicted molar refractivity (Wildman–Crippen MR) is 133 cm³/mol. The molecular formula is C27H33FN4O4. The summed E-state index contributed by atoms with van der Waals surface area (Å²) in [5.41, 5.74) is 1.67. The molecule has 36 heavy (non-hydrogen) atoms. The van der Waals surface area contributed by atoms with Gasteiger partial charge in [-0.1, -0.05) is 17.3 Å². The molecule has 1 aliphatic rings. The molecule has 2 heterocycles. The fourth-order valence-corrected chi connectivity index (χ4v) is 4.12. The van der Waals surface area contributed by atoms with Crippen LogP contribution in [0, 0.1) is 5.82 Å². The Hall–Kier alpha value is -3.30. The van der Waals surface area contributed by atoms with Gasteiger partial charge in [0.25, 0.3) is 0 Å². The van der Waals surface area contributed by atoms with Crippen molar-refractivity contribution in [3.63, 3.8) is 0 Å². The van der Waals surface area contributed by atoms with Gasteiger partial charge in [0, 0.05) is 50.8 Å². The zero-order chi connectivity index (χ0) is 25.2. The van der Waals surface area contributed by atoms with Crippen molar-refractivity contribution < 1.29 is 23.2 Å². The predicted octanol–water partition coefficient (Wildman–Crippen LogP) is 4.00. The maximum Gasteiger partial charge on any atom is 0.226 e. The molecule has 1 aromatic heterocycles. The summed E-state index contributed by atoms with van der Waals surface area (Å²) < 4.78 is 29.7. The van der Waals surface area contributed by atoms with Gasteiger partial charge in [0.1, 0.15) is 18.2 Å². The summed E-state index contributed by atoms with van der Waals surface area (Å²) in [6, 6.07) is 14.3. The van der Waals surface area contributed by atoms with Crippen molar-refractivity contribution in [3.8, 4) is 17.1 Å². The van der Waals surface area contributed by atoms with Crippen molar-refractivity contribution >= 4 is 5.91 Å². The number of amides is 1. The lowest BCUT2D eigenvalue weighted by atomic mass is 10.1. The van der Waals surface area contributed by atoms with Crippen molar-refractivity contribution in [1.29, 1.82) is 0 Å². The summed E-state index contributed by atoms with van der Waals surface area (Å²) in [5, 5.41) is 6.87.